The molecule has 0 aliphatic rings. The van der Waals surface area contributed by atoms with Crippen molar-refractivity contribution < 1.29 is 4.74 Å². The molecule has 0 radical (unpaired) electrons. The van der Waals surface area contributed by atoms with Crippen molar-refractivity contribution in [3.8, 4) is 11.8 Å². The zero-order chi connectivity index (χ0) is 14.5. The lowest BCUT2D eigenvalue weighted by Gasteiger charge is -2.07. The van der Waals surface area contributed by atoms with Gasteiger partial charge in [-0.15, -0.1) is 0 Å². The lowest BCUT2D eigenvalue weighted by molar-refractivity contribution is 0.301. The Morgan fingerprint density at radius 2 is 2.20 bits per heavy atom. The fraction of sp³-hybridized carbons (Fsp3) is 0.333. The van der Waals surface area contributed by atoms with Crippen LogP contribution in [0, 0.1) is 25.2 Å². The third-order valence-corrected chi connectivity index (χ3v) is 4.13. The average molecular weight is 288 g/mol. The van der Waals surface area contributed by atoms with Gasteiger partial charge >= 0.3 is 4.87 Å². The highest BCUT2D eigenvalue weighted by Crippen LogP contribution is 2.13. The number of nitrogens with zero attached hydrogens (tertiary/aromatic N) is 2. The van der Waals surface area contributed by atoms with Gasteiger partial charge in [0, 0.05) is 17.1 Å². The molecule has 0 amide bonds. The number of hydrogen-bond donors (Lipinski definition) is 0. The van der Waals surface area contributed by atoms with Gasteiger partial charge in [0.1, 0.15) is 5.75 Å². The quantitative estimate of drug-likeness (QED) is 0.795. The molecule has 1 heterocycles. The zero-order valence-corrected chi connectivity index (χ0v) is 12.4. The number of benzene rings is 1. The highest BCUT2D eigenvalue weighted by molar-refractivity contribution is 7.09. The molecule has 0 aliphatic heterocycles. The van der Waals surface area contributed by atoms with Crippen LogP contribution < -0.4 is 9.61 Å². The Balaban J connectivity index is 1.88. The molecule has 0 fully saturated rings. The molecular formula is C15H16N2O2S. The molecular weight excluding hydrogens is 272 g/mol. The molecule has 0 aliphatic carbocycles. The van der Waals surface area contributed by atoms with Crippen molar-refractivity contribution in [1.82, 2.24) is 4.57 Å². The summed E-state index contributed by atoms with van der Waals surface area (Å²) in [6, 6.07) is 9.15. The Kier molecular flexibility index (Phi) is 4.59. The van der Waals surface area contributed by atoms with Crippen LogP contribution in [0.25, 0.3) is 0 Å². The summed E-state index contributed by atoms with van der Waals surface area (Å²) in [5.41, 5.74) is 1.62. The standard InChI is InChI=1S/C15H16N2O2S/c1-11-12(2)20-15(18)17(11)7-4-8-19-14-6-3-5-13(9-14)10-16/h3,5-6,9H,4,7-8H2,1-2H3. The monoisotopic (exact) mass is 288 g/mol. The maximum atomic E-state index is 11.7. The first-order chi connectivity index (χ1) is 9.61. The van der Waals surface area contributed by atoms with Crippen LogP contribution in [-0.4, -0.2) is 11.2 Å². The molecule has 2 aromatic rings. The molecule has 4 nitrogen and oxygen atoms in total. The molecule has 5 heteroatoms. The smallest absolute Gasteiger partial charge is 0.307 e. The fourth-order valence-corrected chi connectivity index (χ4v) is 2.77. The zero-order valence-electron chi connectivity index (χ0n) is 11.5. The molecule has 1 aromatic heterocycles. The second-order valence-electron chi connectivity index (χ2n) is 4.50. The molecule has 0 spiro atoms. The van der Waals surface area contributed by atoms with Crippen LogP contribution in [0.1, 0.15) is 22.6 Å². The van der Waals surface area contributed by atoms with Crippen LogP contribution in [0.4, 0.5) is 0 Å². The van der Waals surface area contributed by atoms with Crippen molar-refractivity contribution in [2.24, 2.45) is 0 Å². The van der Waals surface area contributed by atoms with Crippen molar-refractivity contribution in [2.75, 3.05) is 6.61 Å². The van der Waals surface area contributed by atoms with Crippen LogP contribution in [0.5, 0.6) is 5.75 Å². The highest BCUT2D eigenvalue weighted by Gasteiger charge is 2.06. The van der Waals surface area contributed by atoms with E-state index in [0.29, 0.717) is 24.5 Å². The second-order valence-corrected chi connectivity index (χ2v) is 5.67. The summed E-state index contributed by atoms with van der Waals surface area (Å²) in [7, 11) is 0. The fourth-order valence-electron chi connectivity index (χ4n) is 1.91. The van der Waals surface area contributed by atoms with Gasteiger partial charge < -0.3 is 9.30 Å². The molecule has 104 valence electrons. The van der Waals surface area contributed by atoms with Gasteiger partial charge in [0.25, 0.3) is 0 Å². The normalized spacial score (nSPS) is 10.2. The highest BCUT2D eigenvalue weighted by atomic mass is 32.1. The Hall–Kier alpha value is -2.06. The van der Waals surface area contributed by atoms with E-state index in [4.69, 9.17) is 10.00 Å². The summed E-state index contributed by atoms with van der Waals surface area (Å²) in [4.78, 5) is 12.9. The van der Waals surface area contributed by atoms with E-state index in [1.54, 1.807) is 22.8 Å². The number of rotatable bonds is 5. The SMILES string of the molecule is Cc1sc(=O)n(CCCOc2cccc(C#N)c2)c1C. The van der Waals surface area contributed by atoms with Gasteiger partial charge in [-0.2, -0.15) is 5.26 Å². The van der Waals surface area contributed by atoms with Crippen LogP contribution in [0.2, 0.25) is 0 Å². The third-order valence-electron chi connectivity index (χ3n) is 3.13. The molecule has 0 bridgehead atoms. The van der Waals surface area contributed by atoms with Crippen LogP contribution >= 0.6 is 11.3 Å². The number of thiazole rings is 1. The van der Waals surface area contributed by atoms with E-state index in [-0.39, 0.29) is 4.87 Å². The first-order valence-electron chi connectivity index (χ1n) is 6.41. The first kappa shape index (κ1) is 14.4. The van der Waals surface area contributed by atoms with Crippen LogP contribution in [0.15, 0.2) is 29.1 Å². The van der Waals surface area contributed by atoms with Gasteiger partial charge in [-0.3, -0.25) is 4.79 Å². The Bertz CT molecular complexity index is 695. The van der Waals surface area contributed by atoms with E-state index in [9.17, 15) is 4.79 Å². The number of nitriles is 1. The number of aryl methyl sites for hydroxylation is 1. The van der Waals surface area contributed by atoms with Gasteiger partial charge in [-0.05, 0) is 38.5 Å². The van der Waals surface area contributed by atoms with Crippen molar-refractivity contribution in [3.05, 3.63) is 50.1 Å². The Labute approximate surface area is 121 Å². The molecule has 0 unspecified atom stereocenters. The number of ether oxygens (including phenoxy) is 1. The van der Waals surface area contributed by atoms with Crippen molar-refractivity contribution in [1.29, 1.82) is 5.26 Å². The second kappa shape index (κ2) is 6.40. The van der Waals surface area contributed by atoms with Crippen LogP contribution in [0.3, 0.4) is 0 Å². The topological polar surface area (TPSA) is 55.0 Å². The predicted molar refractivity (Wildman–Crippen MR) is 79.3 cm³/mol. The maximum absolute atomic E-state index is 11.7. The summed E-state index contributed by atoms with van der Waals surface area (Å²) in [5.74, 6) is 0.689. The van der Waals surface area contributed by atoms with Gasteiger partial charge in [-0.25, -0.2) is 0 Å². The first-order valence-corrected chi connectivity index (χ1v) is 7.23. The molecule has 2 rings (SSSR count). The average Bonchev–Trinajstić information content (AvgIpc) is 2.69. The van der Waals surface area contributed by atoms with Gasteiger partial charge in [0.2, 0.25) is 0 Å². The van der Waals surface area contributed by atoms with Crippen LogP contribution in [-0.2, 0) is 6.54 Å². The maximum Gasteiger partial charge on any atom is 0.307 e. The molecule has 1 aromatic carbocycles. The summed E-state index contributed by atoms with van der Waals surface area (Å²) < 4.78 is 7.38. The molecule has 0 saturated heterocycles. The Morgan fingerprint density at radius 1 is 1.40 bits per heavy atom. The number of hydrogen-bond acceptors (Lipinski definition) is 4. The van der Waals surface area contributed by atoms with Gasteiger partial charge in [0.05, 0.1) is 18.2 Å². The minimum Gasteiger partial charge on any atom is -0.493 e. The van der Waals surface area contributed by atoms with Crippen molar-refractivity contribution >= 4 is 11.3 Å². The van der Waals surface area contributed by atoms with E-state index >= 15 is 0 Å². The lowest BCUT2D eigenvalue weighted by atomic mass is 10.2. The minimum atomic E-state index is 0.0893. The molecule has 0 N–H and O–H groups in total. The van der Waals surface area contributed by atoms with E-state index < -0.39 is 0 Å². The molecule has 20 heavy (non-hydrogen) atoms. The minimum absolute atomic E-state index is 0.0893. The summed E-state index contributed by atoms with van der Waals surface area (Å²) in [5, 5.41) is 8.80. The van der Waals surface area contributed by atoms with E-state index in [2.05, 4.69) is 6.07 Å². The number of aromatic nitrogens is 1. The largest absolute Gasteiger partial charge is 0.493 e. The van der Waals surface area contributed by atoms with Crippen molar-refractivity contribution in [2.45, 2.75) is 26.8 Å². The summed E-state index contributed by atoms with van der Waals surface area (Å²) in [6.07, 6.45) is 0.758. The lowest BCUT2D eigenvalue weighted by Crippen LogP contribution is -2.16. The van der Waals surface area contributed by atoms with Gasteiger partial charge in [0.15, 0.2) is 0 Å². The Morgan fingerprint density at radius 3 is 2.85 bits per heavy atom. The molecule has 0 atom stereocenters. The third kappa shape index (κ3) is 3.28. The van der Waals surface area contributed by atoms with Crippen molar-refractivity contribution in [3.63, 3.8) is 0 Å². The van der Waals surface area contributed by atoms with E-state index in [1.165, 1.54) is 11.3 Å². The summed E-state index contributed by atoms with van der Waals surface area (Å²) >= 11 is 1.29. The van der Waals surface area contributed by atoms with E-state index in [1.807, 2.05) is 19.9 Å². The van der Waals surface area contributed by atoms with Gasteiger partial charge in [-0.1, -0.05) is 17.4 Å². The summed E-state index contributed by atoms with van der Waals surface area (Å²) in [6.45, 7) is 5.11. The predicted octanol–water partition coefficient (Wildman–Crippen LogP) is 2.87. The molecule has 0 saturated carbocycles. The van der Waals surface area contributed by atoms with E-state index in [0.717, 1.165) is 17.0 Å².